The Morgan fingerprint density at radius 3 is 2.71 bits per heavy atom. The Kier molecular flexibility index (Phi) is 5.99. The summed E-state index contributed by atoms with van der Waals surface area (Å²) in [6.07, 6.45) is 4.99. The molecule has 116 valence electrons. The van der Waals surface area contributed by atoms with Gasteiger partial charge in [-0.1, -0.05) is 6.92 Å². The normalized spacial score (nSPS) is 15.7. The SMILES string of the molecule is CCCN(c1ccc(C(=O)OCC)cn1)C1CCNCC1. The highest BCUT2D eigenvalue weighted by molar-refractivity contribution is 5.89. The Balaban J connectivity index is 2.10. The van der Waals surface area contributed by atoms with Gasteiger partial charge in [0.25, 0.3) is 0 Å². The average Bonchev–Trinajstić information content (AvgIpc) is 2.54. The Morgan fingerprint density at radius 1 is 1.38 bits per heavy atom. The van der Waals surface area contributed by atoms with Crippen LogP contribution < -0.4 is 10.2 Å². The second-order valence-electron chi connectivity index (χ2n) is 5.30. The van der Waals surface area contributed by atoms with Gasteiger partial charge in [-0.15, -0.1) is 0 Å². The van der Waals surface area contributed by atoms with Crippen molar-refractivity contribution in [2.75, 3.05) is 31.1 Å². The standard InChI is InChI=1S/C16H25N3O2/c1-3-11-19(14-7-9-17-10-8-14)15-6-5-13(12-18-15)16(20)21-4-2/h5-6,12,14,17H,3-4,7-11H2,1-2H3. The summed E-state index contributed by atoms with van der Waals surface area (Å²) >= 11 is 0. The minimum absolute atomic E-state index is 0.305. The second kappa shape index (κ2) is 7.98. The van der Waals surface area contributed by atoms with Gasteiger partial charge >= 0.3 is 5.97 Å². The summed E-state index contributed by atoms with van der Waals surface area (Å²) in [5.74, 6) is 0.650. The minimum Gasteiger partial charge on any atom is -0.462 e. The Hall–Kier alpha value is -1.62. The molecule has 0 spiro atoms. The van der Waals surface area contributed by atoms with E-state index in [0.717, 1.165) is 44.7 Å². The molecular formula is C16H25N3O2. The lowest BCUT2D eigenvalue weighted by Gasteiger charge is -2.35. The van der Waals surface area contributed by atoms with Gasteiger partial charge in [0, 0.05) is 18.8 Å². The number of aromatic nitrogens is 1. The molecule has 0 aliphatic carbocycles. The van der Waals surface area contributed by atoms with E-state index in [9.17, 15) is 4.79 Å². The van der Waals surface area contributed by atoms with Crippen LogP contribution in [-0.4, -0.2) is 43.2 Å². The lowest BCUT2D eigenvalue weighted by Crippen LogP contribution is -2.44. The van der Waals surface area contributed by atoms with Crippen LogP contribution in [0.4, 0.5) is 5.82 Å². The van der Waals surface area contributed by atoms with Crippen molar-refractivity contribution >= 4 is 11.8 Å². The number of anilines is 1. The lowest BCUT2D eigenvalue weighted by molar-refractivity contribution is 0.0526. The summed E-state index contributed by atoms with van der Waals surface area (Å²) < 4.78 is 4.99. The smallest absolute Gasteiger partial charge is 0.339 e. The van der Waals surface area contributed by atoms with Crippen LogP contribution in [0.5, 0.6) is 0 Å². The molecule has 0 unspecified atom stereocenters. The van der Waals surface area contributed by atoms with Gasteiger partial charge in [-0.25, -0.2) is 9.78 Å². The van der Waals surface area contributed by atoms with Crippen LogP contribution in [0.25, 0.3) is 0 Å². The molecule has 0 amide bonds. The minimum atomic E-state index is -0.305. The molecule has 1 aliphatic heterocycles. The van der Waals surface area contributed by atoms with Crippen molar-refractivity contribution in [3.05, 3.63) is 23.9 Å². The topological polar surface area (TPSA) is 54.5 Å². The van der Waals surface area contributed by atoms with Crippen molar-refractivity contribution in [1.82, 2.24) is 10.3 Å². The van der Waals surface area contributed by atoms with Crippen LogP contribution in [-0.2, 0) is 4.74 Å². The fourth-order valence-corrected chi connectivity index (χ4v) is 2.73. The highest BCUT2D eigenvalue weighted by atomic mass is 16.5. The molecule has 21 heavy (non-hydrogen) atoms. The van der Waals surface area contributed by atoms with E-state index in [1.54, 1.807) is 13.1 Å². The molecular weight excluding hydrogens is 266 g/mol. The Morgan fingerprint density at radius 2 is 2.14 bits per heavy atom. The molecule has 1 aliphatic rings. The molecule has 5 heteroatoms. The molecule has 1 saturated heterocycles. The highest BCUT2D eigenvalue weighted by Gasteiger charge is 2.21. The number of carbonyl (C=O) groups is 1. The molecule has 1 aromatic heterocycles. The van der Waals surface area contributed by atoms with Crippen LogP contribution in [0, 0.1) is 0 Å². The van der Waals surface area contributed by atoms with E-state index in [0.29, 0.717) is 18.2 Å². The molecule has 2 heterocycles. The van der Waals surface area contributed by atoms with Crippen molar-refractivity contribution in [2.45, 2.75) is 39.2 Å². The third kappa shape index (κ3) is 4.17. The molecule has 0 atom stereocenters. The summed E-state index contributed by atoms with van der Waals surface area (Å²) in [6.45, 7) is 7.49. The molecule has 2 rings (SSSR count). The maximum atomic E-state index is 11.7. The summed E-state index contributed by atoms with van der Waals surface area (Å²) in [5.41, 5.74) is 0.516. The number of piperidine rings is 1. The number of esters is 1. The van der Waals surface area contributed by atoms with Gasteiger partial charge < -0.3 is 15.0 Å². The van der Waals surface area contributed by atoms with Gasteiger partial charge in [0.15, 0.2) is 0 Å². The molecule has 0 bridgehead atoms. The molecule has 1 aromatic rings. The zero-order valence-corrected chi connectivity index (χ0v) is 13.0. The zero-order valence-electron chi connectivity index (χ0n) is 13.0. The number of carbonyl (C=O) groups excluding carboxylic acids is 1. The van der Waals surface area contributed by atoms with Crippen LogP contribution in [0.2, 0.25) is 0 Å². The van der Waals surface area contributed by atoms with E-state index >= 15 is 0 Å². The van der Waals surface area contributed by atoms with E-state index in [1.165, 1.54) is 0 Å². The monoisotopic (exact) mass is 291 g/mol. The van der Waals surface area contributed by atoms with Crippen molar-refractivity contribution in [3.8, 4) is 0 Å². The van der Waals surface area contributed by atoms with E-state index in [4.69, 9.17) is 4.74 Å². The summed E-state index contributed by atoms with van der Waals surface area (Å²) in [5, 5.41) is 3.39. The largest absolute Gasteiger partial charge is 0.462 e. The van der Waals surface area contributed by atoms with E-state index in [-0.39, 0.29) is 5.97 Å². The lowest BCUT2D eigenvalue weighted by atomic mass is 10.0. The van der Waals surface area contributed by atoms with Crippen LogP contribution in [0.1, 0.15) is 43.5 Å². The average molecular weight is 291 g/mol. The first kappa shape index (κ1) is 15.8. The number of nitrogens with zero attached hydrogens (tertiary/aromatic N) is 2. The van der Waals surface area contributed by atoms with Crippen LogP contribution in [0.15, 0.2) is 18.3 Å². The number of rotatable bonds is 6. The summed E-state index contributed by atoms with van der Waals surface area (Å²) in [6, 6.07) is 4.28. The first-order valence-electron chi connectivity index (χ1n) is 7.86. The molecule has 0 saturated carbocycles. The van der Waals surface area contributed by atoms with Gasteiger partial charge in [0.1, 0.15) is 5.82 Å². The third-order valence-corrected chi connectivity index (χ3v) is 3.77. The predicted octanol–water partition coefficient (Wildman–Crippen LogP) is 2.23. The first-order valence-corrected chi connectivity index (χ1v) is 7.86. The number of ether oxygens (including phenoxy) is 1. The maximum absolute atomic E-state index is 11.7. The third-order valence-electron chi connectivity index (χ3n) is 3.77. The zero-order chi connectivity index (χ0) is 15.1. The first-order chi connectivity index (χ1) is 10.3. The number of nitrogens with one attached hydrogen (secondary N) is 1. The number of hydrogen-bond donors (Lipinski definition) is 1. The Labute approximate surface area is 126 Å². The molecule has 0 aromatic carbocycles. The van der Waals surface area contributed by atoms with Crippen molar-refractivity contribution in [1.29, 1.82) is 0 Å². The fraction of sp³-hybridized carbons (Fsp3) is 0.625. The fourth-order valence-electron chi connectivity index (χ4n) is 2.73. The van der Waals surface area contributed by atoms with Gasteiger partial charge in [-0.3, -0.25) is 0 Å². The van der Waals surface area contributed by atoms with Crippen molar-refractivity contribution in [3.63, 3.8) is 0 Å². The maximum Gasteiger partial charge on any atom is 0.339 e. The van der Waals surface area contributed by atoms with E-state index < -0.39 is 0 Å². The van der Waals surface area contributed by atoms with Crippen LogP contribution in [0.3, 0.4) is 0 Å². The number of pyridine rings is 1. The summed E-state index contributed by atoms with van der Waals surface area (Å²) in [4.78, 5) is 18.5. The molecule has 1 N–H and O–H groups in total. The van der Waals surface area contributed by atoms with Gasteiger partial charge in [-0.05, 0) is 51.4 Å². The van der Waals surface area contributed by atoms with Crippen molar-refractivity contribution in [2.24, 2.45) is 0 Å². The van der Waals surface area contributed by atoms with E-state index in [1.807, 2.05) is 12.1 Å². The highest BCUT2D eigenvalue weighted by Crippen LogP contribution is 2.20. The van der Waals surface area contributed by atoms with Gasteiger partial charge in [0.05, 0.1) is 12.2 Å². The molecule has 5 nitrogen and oxygen atoms in total. The Bertz CT molecular complexity index is 441. The predicted molar refractivity (Wildman–Crippen MR) is 83.7 cm³/mol. The quantitative estimate of drug-likeness (QED) is 0.815. The summed E-state index contributed by atoms with van der Waals surface area (Å²) in [7, 11) is 0. The second-order valence-corrected chi connectivity index (χ2v) is 5.30. The molecule has 1 fully saturated rings. The van der Waals surface area contributed by atoms with E-state index in [2.05, 4.69) is 22.1 Å². The van der Waals surface area contributed by atoms with Crippen LogP contribution >= 0.6 is 0 Å². The van der Waals surface area contributed by atoms with Gasteiger partial charge in [-0.2, -0.15) is 0 Å². The van der Waals surface area contributed by atoms with Gasteiger partial charge in [0.2, 0.25) is 0 Å². The molecule has 0 radical (unpaired) electrons. The number of hydrogen-bond acceptors (Lipinski definition) is 5. The van der Waals surface area contributed by atoms with Crippen molar-refractivity contribution < 1.29 is 9.53 Å².